The molecule has 0 saturated heterocycles. The van der Waals surface area contributed by atoms with Gasteiger partial charge in [-0.25, -0.2) is 4.98 Å². The number of hydrogen-bond acceptors (Lipinski definition) is 5. The van der Waals surface area contributed by atoms with Crippen LogP contribution < -0.4 is 19.7 Å². The third-order valence-electron chi connectivity index (χ3n) is 11.9. The summed E-state index contributed by atoms with van der Waals surface area (Å²) in [6, 6.07) is 44.7. The van der Waals surface area contributed by atoms with E-state index in [9.17, 15) is 0 Å². The first kappa shape index (κ1) is 34.4. The number of ether oxygens (including phenoxy) is 1. The van der Waals surface area contributed by atoms with Crippen LogP contribution in [0.25, 0.3) is 38.6 Å². The zero-order valence-electron chi connectivity index (χ0n) is 31.0. The predicted molar refractivity (Wildman–Crippen MR) is 214 cm³/mol. The summed E-state index contributed by atoms with van der Waals surface area (Å²) in [6.45, 7) is 13.7. The van der Waals surface area contributed by atoms with Gasteiger partial charge < -0.3 is 18.6 Å². The molecule has 8 heteroatoms. The molecule has 0 atom stereocenters. The molecule has 0 bridgehead atoms. The molecule has 0 saturated carbocycles. The van der Waals surface area contributed by atoms with Crippen LogP contribution in [0.5, 0.6) is 17.2 Å². The molecule has 5 heterocycles. The van der Waals surface area contributed by atoms with E-state index in [0.717, 1.165) is 61.5 Å². The minimum atomic E-state index is -0.396. The average Bonchev–Trinajstić information content (AvgIpc) is 3.75. The number of benzene rings is 5. The molecule has 8 aromatic rings. The van der Waals surface area contributed by atoms with E-state index in [1.54, 1.807) is 6.20 Å². The average molecular weight is 884 g/mol. The van der Waals surface area contributed by atoms with Crippen LogP contribution in [-0.2, 0) is 31.9 Å². The van der Waals surface area contributed by atoms with Crippen molar-refractivity contribution in [3.8, 4) is 28.5 Å². The van der Waals surface area contributed by atoms with Crippen molar-refractivity contribution in [1.82, 2.24) is 14.4 Å². The molecule has 2 aliphatic heterocycles. The van der Waals surface area contributed by atoms with Crippen molar-refractivity contribution in [3.63, 3.8) is 0 Å². The summed E-state index contributed by atoms with van der Waals surface area (Å²) in [5.41, 5.74) is 10.6. The fourth-order valence-electron chi connectivity index (χ4n) is 8.58. The molecule has 3 aromatic heterocycles. The van der Waals surface area contributed by atoms with Crippen molar-refractivity contribution in [2.45, 2.75) is 52.4 Å². The second-order valence-corrected chi connectivity index (χ2v) is 15.4. The minimum Gasteiger partial charge on any atom is -0.599 e. The molecule has 0 amide bonds. The zero-order valence-corrected chi connectivity index (χ0v) is 33.2. The van der Waals surface area contributed by atoms with Gasteiger partial charge in [-0.2, -0.15) is 0 Å². The molecule has 2 aliphatic rings. The Labute approximate surface area is 330 Å². The number of fused-ring (bicyclic) bond motifs is 4. The summed E-state index contributed by atoms with van der Waals surface area (Å²) in [6.07, 6.45) is 1.80. The van der Waals surface area contributed by atoms with Crippen LogP contribution in [0.2, 0.25) is 0 Å². The van der Waals surface area contributed by atoms with Gasteiger partial charge >= 0.3 is 28.1 Å². The van der Waals surface area contributed by atoms with E-state index in [1.165, 1.54) is 22.2 Å². The van der Waals surface area contributed by atoms with Gasteiger partial charge in [0.25, 0.3) is 0 Å². The molecule has 0 fully saturated rings. The predicted octanol–water partition coefficient (Wildman–Crippen LogP) is 10.2. The van der Waals surface area contributed by atoms with E-state index in [1.807, 2.05) is 36.4 Å². The smallest absolute Gasteiger partial charge is 0.599 e. The Balaban J connectivity index is 0.00000384. The van der Waals surface area contributed by atoms with Gasteiger partial charge in [0.2, 0.25) is 0 Å². The van der Waals surface area contributed by atoms with E-state index in [4.69, 9.17) is 19.4 Å². The number of pyridine rings is 2. The number of aryl methyl sites for hydroxylation is 2. The maximum absolute atomic E-state index is 6.65. The van der Waals surface area contributed by atoms with E-state index >= 15 is 0 Å². The quantitative estimate of drug-likeness (QED) is 0.0980. The third-order valence-corrected chi connectivity index (χ3v) is 11.9. The molecular formula is C46H37BN4O2Pt. The van der Waals surface area contributed by atoms with Crippen molar-refractivity contribution in [1.29, 1.82) is 0 Å². The number of rotatable bonds is 5. The molecule has 0 aliphatic carbocycles. The number of aromatic nitrogens is 3. The van der Waals surface area contributed by atoms with Gasteiger partial charge in [0, 0.05) is 51.0 Å². The van der Waals surface area contributed by atoms with Crippen molar-refractivity contribution in [2.24, 2.45) is 0 Å². The Morgan fingerprint density at radius 1 is 0.722 bits per heavy atom. The Morgan fingerprint density at radius 2 is 1.44 bits per heavy atom. The van der Waals surface area contributed by atoms with Gasteiger partial charge in [0.15, 0.2) is 0 Å². The number of hydrogen-bond donors (Lipinski definition) is 0. The van der Waals surface area contributed by atoms with Crippen LogP contribution >= 0.6 is 0 Å². The fourth-order valence-corrected chi connectivity index (χ4v) is 8.58. The summed E-state index contributed by atoms with van der Waals surface area (Å²) in [7, 11) is -0.396. The first-order chi connectivity index (χ1) is 25.6. The number of para-hydroxylation sites is 1. The topological polar surface area (TPSA) is 51.9 Å². The SMILES string of the molecule is Cc1cccc(C)c1B1Oc2ccc(Oc3[c-]c4c(cc3)c3cccc5c3n3c(c(-c6ccccc6)nc43)C(C)(C)C5(C)C)[c-]c2N1c1ccccn1.[Pt+2]. The summed E-state index contributed by atoms with van der Waals surface area (Å²) >= 11 is 0. The van der Waals surface area contributed by atoms with E-state index < -0.39 is 7.05 Å². The second kappa shape index (κ2) is 12.3. The maximum atomic E-state index is 6.65. The normalized spacial score (nSPS) is 15.1. The number of nitrogens with zero attached hydrogens (tertiary/aromatic N) is 4. The molecule has 5 aromatic carbocycles. The Hall–Kier alpha value is -5.39. The number of anilines is 2. The Kier molecular flexibility index (Phi) is 7.85. The molecule has 6 nitrogen and oxygen atoms in total. The van der Waals surface area contributed by atoms with Crippen LogP contribution in [0, 0.1) is 26.0 Å². The standard InChI is InChI=1S/C46H37BN4O2.Pt/c1-28-14-12-15-29(2)40(28)47-51(39-20-10-11-25-48-39)37-27-32(22-24-38(37)53-47)52-31-21-23-33-34-18-13-19-36-42(34)50-43(46(5,6)45(36,3)4)41(30-16-8-7-9-17-30)49-44(50)35(33)26-31;/h7-25H,1-6H3;/q-2;+2. The molecule has 0 spiro atoms. The van der Waals surface area contributed by atoms with Crippen LogP contribution in [0.3, 0.4) is 0 Å². The van der Waals surface area contributed by atoms with Crippen LogP contribution in [0.1, 0.15) is 50.1 Å². The van der Waals surface area contributed by atoms with Gasteiger partial charge in [-0.3, -0.25) is 4.98 Å². The van der Waals surface area contributed by atoms with Gasteiger partial charge in [-0.1, -0.05) is 128 Å². The summed E-state index contributed by atoms with van der Waals surface area (Å²) in [5.74, 6) is 2.64. The fraction of sp³-hybridized carbons (Fsp3) is 0.174. The summed E-state index contributed by atoms with van der Waals surface area (Å²) in [5, 5.41) is 3.19. The van der Waals surface area contributed by atoms with Crippen molar-refractivity contribution >= 4 is 51.3 Å². The van der Waals surface area contributed by atoms with Gasteiger partial charge in [0.05, 0.1) is 11.3 Å². The third kappa shape index (κ3) is 4.84. The van der Waals surface area contributed by atoms with Crippen LogP contribution in [-0.4, -0.2) is 21.4 Å². The minimum absolute atomic E-state index is 0. The van der Waals surface area contributed by atoms with Crippen molar-refractivity contribution in [2.75, 3.05) is 4.81 Å². The van der Waals surface area contributed by atoms with Gasteiger partial charge in [0.1, 0.15) is 5.82 Å². The summed E-state index contributed by atoms with van der Waals surface area (Å²) < 4.78 is 15.7. The zero-order chi connectivity index (χ0) is 36.2. The van der Waals surface area contributed by atoms with Gasteiger partial charge in [-0.15, -0.1) is 30.3 Å². The number of imidazole rings is 1. The van der Waals surface area contributed by atoms with E-state index in [2.05, 4.69) is 136 Å². The van der Waals surface area contributed by atoms with Crippen LogP contribution in [0.15, 0.2) is 115 Å². The molecule has 54 heavy (non-hydrogen) atoms. The van der Waals surface area contributed by atoms with E-state index in [-0.39, 0.29) is 31.9 Å². The van der Waals surface area contributed by atoms with Crippen molar-refractivity contribution in [3.05, 3.63) is 150 Å². The summed E-state index contributed by atoms with van der Waals surface area (Å²) in [4.78, 5) is 12.3. The molecular weight excluding hydrogens is 846 g/mol. The van der Waals surface area contributed by atoms with Gasteiger partial charge in [-0.05, 0) is 48.1 Å². The molecule has 10 rings (SSSR count). The molecule has 266 valence electrons. The van der Waals surface area contributed by atoms with Crippen molar-refractivity contribution < 1.29 is 30.5 Å². The van der Waals surface area contributed by atoms with Crippen LogP contribution in [0.4, 0.5) is 11.5 Å². The first-order valence-electron chi connectivity index (χ1n) is 18.2. The Morgan fingerprint density at radius 3 is 2.20 bits per heavy atom. The van der Waals surface area contributed by atoms with E-state index in [0.29, 0.717) is 11.5 Å². The molecule has 0 N–H and O–H groups in total. The maximum Gasteiger partial charge on any atom is 2.00 e. The monoisotopic (exact) mass is 883 g/mol. The Bertz CT molecular complexity index is 2760. The second-order valence-electron chi connectivity index (χ2n) is 15.4. The molecule has 0 radical (unpaired) electrons. The largest absolute Gasteiger partial charge is 2.00 e. The molecule has 0 unspecified atom stereocenters. The first-order valence-corrected chi connectivity index (χ1v) is 18.2.